The second-order valence-electron chi connectivity index (χ2n) is 4.33. The number of carbonyl (C=O) groups is 2. The fourth-order valence-corrected chi connectivity index (χ4v) is 1.83. The summed E-state index contributed by atoms with van der Waals surface area (Å²) in [4.78, 5) is 26.7. The lowest BCUT2D eigenvalue weighted by molar-refractivity contribution is -0.128. The van der Waals surface area contributed by atoms with Gasteiger partial charge in [-0.2, -0.15) is 0 Å². The summed E-state index contributed by atoms with van der Waals surface area (Å²) in [5, 5.41) is 3.35. The number of carbonyl (C=O) groups excluding carboxylic acids is 2. The van der Waals surface area contributed by atoms with E-state index in [0.29, 0.717) is 12.1 Å². The van der Waals surface area contributed by atoms with Gasteiger partial charge in [0.05, 0.1) is 5.56 Å². The van der Waals surface area contributed by atoms with Crippen LogP contribution in [-0.2, 0) is 9.53 Å². The Balaban J connectivity index is 2.08. The van der Waals surface area contributed by atoms with E-state index >= 15 is 0 Å². The van der Waals surface area contributed by atoms with Gasteiger partial charge < -0.3 is 15.0 Å². The number of H-pyrrole nitrogens is 1. The highest BCUT2D eigenvalue weighted by Gasteiger charge is 2.20. The Hall–Kier alpha value is -2.56. The van der Waals surface area contributed by atoms with E-state index in [-0.39, 0.29) is 5.91 Å². The molecule has 1 amide bonds. The SMILES string of the molecule is C=CCNC(=O)[C@@H](C)OC(=O)c1c[nH]c2ccccc12. The Morgan fingerprint density at radius 1 is 1.45 bits per heavy atom. The number of amides is 1. The number of aromatic amines is 1. The monoisotopic (exact) mass is 272 g/mol. The molecule has 20 heavy (non-hydrogen) atoms. The molecule has 0 saturated carbocycles. The lowest BCUT2D eigenvalue weighted by Gasteiger charge is -2.12. The molecule has 0 unspecified atom stereocenters. The fourth-order valence-electron chi connectivity index (χ4n) is 1.83. The van der Waals surface area contributed by atoms with Crippen LogP contribution in [0.1, 0.15) is 17.3 Å². The standard InChI is InChI=1S/C15H16N2O3/c1-3-8-16-14(18)10(2)20-15(19)12-9-17-13-7-5-4-6-11(12)13/h3-7,9-10,17H,1,8H2,2H3,(H,16,18)/t10-/m1/s1. The number of nitrogens with one attached hydrogen (secondary N) is 2. The van der Waals surface area contributed by atoms with Crippen molar-refractivity contribution in [3.05, 3.63) is 48.7 Å². The second-order valence-corrected chi connectivity index (χ2v) is 4.33. The summed E-state index contributed by atoms with van der Waals surface area (Å²) in [7, 11) is 0. The first-order valence-electron chi connectivity index (χ1n) is 6.29. The van der Waals surface area contributed by atoms with Crippen molar-refractivity contribution in [1.82, 2.24) is 10.3 Å². The molecule has 0 fully saturated rings. The van der Waals surface area contributed by atoms with Gasteiger partial charge in [0.2, 0.25) is 0 Å². The molecule has 5 nitrogen and oxygen atoms in total. The van der Waals surface area contributed by atoms with Crippen molar-refractivity contribution >= 4 is 22.8 Å². The molecule has 0 aliphatic rings. The molecule has 0 spiro atoms. The van der Waals surface area contributed by atoms with E-state index < -0.39 is 12.1 Å². The van der Waals surface area contributed by atoms with Crippen LogP contribution >= 0.6 is 0 Å². The molecule has 2 N–H and O–H groups in total. The molecule has 5 heteroatoms. The quantitative estimate of drug-likeness (QED) is 0.646. The van der Waals surface area contributed by atoms with Crippen LogP contribution in [0.25, 0.3) is 10.9 Å². The number of hydrogen-bond acceptors (Lipinski definition) is 3. The van der Waals surface area contributed by atoms with E-state index in [1.807, 2.05) is 24.3 Å². The molecule has 104 valence electrons. The Bertz CT molecular complexity index is 645. The number of benzene rings is 1. The molecule has 0 bridgehead atoms. The summed E-state index contributed by atoms with van der Waals surface area (Å²) >= 11 is 0. The van der Waals surface area contributed by atoms with E-state index in [2.05, 4.69) is 16.9 Å². The number of esters is 1. The predicted molar refractivity (Wildman–Crippen MR) is 76.4 cm³/mol. The summed E-state index contributed by atoms with van der Waals surface area (Å²) in [6.45, 7) is 5.38. The molecule has 2 aromatic rings. The largest absolute Gasteiger partial charge is 0.449 e. The van der Waals surface area contributed by atoms with Crippen LogP contribution in [0.15, 0.2) is 43.1 Å². The zero-order chi connectivity index (χ0) is 14.5. The maximum atomic E-state index is 12.1. The Kier molecular flexibility index (Phi) is 4.20. The van der Waals surface area contributed by atoms with Crippen molar-refractivity contribution in [2.45, 2.75) is 13.0 Å². The molecule has 0 aliphatic heterocycles. The minimum Gasteiger partial charge on any atom is -0.449 e. The Morgan fingerprint density at radius 3 is 2.95 bits per heavy atom. The van der Waals surface area contributed by atoms with Crippen LogP contribution in [0.4, 0.5) is 0 Å². The summed E-state index contributed by atoms with van der Waals surface area (Å²) < 4.78 is 5.16. The molecule has 1 atom stereocenters. The first-order valence-corrected chi connectivity index (χ1v) is 6.29. The summed E-state index contributed by atoms with van der Waals surface area (Å²) in [6, 6.07) is 7.41. The number of ether oxygens (including phenoxy) is 1. The minimum atomic E-state index is -0.851. The van der Waals surface area contributed by atoms with E-state index in [0.717, 1.165) is 10.9 Å². The number of aromatic nitrogens is 1. The Morgan fingerprint density at radius 2 is 2.20 bits per heavy atom. The van der Waals surface area contributed by atoms with Gasteiger partial charge in [0, 0.05) is 23.6 Å². The first-order chi connectivity index (χ1) is 9.63. The van der Waals surface area contributed by atoms with Crippen LogP contribution in [0.2, 0.25) is 0 Å². The Labute approximate surface area is 116 Å². The van der Waals surface area contributed by atoms with E-state index in [1.54, 1.807) is 12.3 Å². The van der Waals surface area contributed by atoms with E-state index in [9.17, 15) is 9.59 Å². The summed E-state index contributed by atoms with van der Waals surface area (Å²) in [6.07, 6.45) is 2.30. The number of para-hydroxylation sites is 1. The molecule has 0 aliphatic carbocycles. The first kappa shape index (κ1) is 13.9. The van der Waals surface area contributed by atoms with Gasteiger partial charge in [-0.05, 0) is 13.0 Å². The topological polar surface area (TPSA) is 71.2 Å². The van der Waals surface area contributed by atoms with Crippen molar-refractivity contribution in [1.29, 1.82) is 0 Å². The molecule has 1 aromatic heterocycles. The lowest BCUT2D eigenvalue weighted by atomic mass is 10.2. The van der Waals surface area contributed by atoms with Gasteiger partial charge in [-0.15, -0.1) is 6.58 Å². The predicted octanol–water partition coefficient (Wildman–Crippen LogP) is 2.02. The van der Waals surface area contributed by atoms with E-state index in [1.165, 1.54) is 6.92 Å². The van der Waals surface area contributed by atoms with Crippen molar-refractivity contribution in [2.75, 3.05) is 6.54 Å². The summed E-state index contributed by atoms with van der Waals surface area (Å²) in [5.41, 5.74) is 1.27. The molecule has 0 saturated heterocycles. The molecular formula is C15H16N2O3. The van der Waals surface area contributed by atoms with Gasteiger partial charge >= 0.3 is 5.97 Å². The van der Waals surface area contributed by atoms with Crippen molar-refractivity contribution in [3.63, 3.8) is 0 Å². The van der Waals surface area contributed by atoms with Crippen LogP contribution in [0, 0.1) is 0 Å². The van der Waals surface area contributed by atoms with Gasteiger partial charge in [-0.1, -0.05) is 24.3 Å². The zero-order valence-corrected chi connectivity index (χ0v) is 11.2. The van der Waals surface area contributed by atoms with Gasteiger partial charge in [0.1, 0.15) is 0 Å². The summed E-state index contributed by atoms with van der Waals surface area (Å²) in [5.74, 6) is -0.873. The van der Waals surface area contributed by atoms with Crippen LogP contribution in [0.3, 0.4) is 0 Å². The van der Waals surface area contributed by atoms with Gasteiger partial charge in [-0.3, -0.25) is 4.79 Å². The molecular weight excluding hydrogens is 256 g/mol. The number of fused-ring (bicyclic) bond motifs is 1. The van der Waals surface area contributed by atoms with Gasteiger partial charge in [0.25, 0.3) is 5.91 Å². The van der Waals surface area contributed by atoms with Crippen molar-refractivity contribution < 1.29 is 14.3 Å². The molecule has 2 rings (SSSR count). The zero-order valence-electron chi connectivity index (χ0n) is 11.2. The van der Waals surface area contributed by atoms with Gasteiger partial charge in [0.15, 0.2) is 6.10 Å². The molecule has 0 radical (unpaired) electrons. The minimum absolute atomic E-state index is 0.341. The third kappa shape index (κ3) is 2.88. The third-order valence-electron chi connectivity index (χ3n) is 2.88. The van der Waals surface area contributed by atoms with Crippen molar-refractivity contribution in [2.24, 2.45) is 0 Å². The maximum Gasteiger partial charge on any atom is 0.341 e. The van der Waals surface area contributed by atoms with Gasteiger partial charge in [-0.25, -0.2) is 4.79 Å². The highest BCUT2D eigenvalue weighted by Crippen LogP contribution is 2.18. The molecule has 1 heterocycles. The van der Waals surface area contributed by atoms with Crippen LogP contribution in [-0.4, -0.2) is 29.5 Å². The smallest absolute Gasteiger partial charge is 0.341 e. The molecule has 1 aromatic carbocycles. The number of rotatable bonds is 5. The maximum absolute atomic E-state index is 12.1. The van der Waals surface area contributed by atoms with E-state index in [4.69, 9.17) is 4.74 Å². The fraction of sp³-hybridized carbons (Fsp3) is 0.200. The second kappa shape index (κ2) is 6.06. The average Bonchev–Trinajstić information content (AvgIpc) is 2.88. The van der Waals surface area contributed by atoms with Crippen LogP contribution in [0.5, 0.6) is 0 Å². The van der Waals surface area contributed by atoms with Crippen LogP contribution < -0.4 is 5.32 Å². The highest BCUT2D eigenvalue weighted by atomic mass is 16.5. The normalized spacial score (nSPS) is 11.8. The highest BCUT2D eigenvalue weighted by molar-refractivity contribution is 6.04. The average molecular weight is 272 g/mol. The lowest BCUT2D eigenvalue weighted by Crippen LogP contribution is -2.35. The van der Waals surface area contributed by atoms with Crippen molar-refractivity contribution in [3.8, 4) is 0 Å². The third-order valence-corrected chi connectivity index (χ3v) is 2.88. The number of hydrogen-bond donors (Lipinski definition) is 2.